The van der Waals surface area contributed by atoms with Crippen LogP contribution in [-0.4, -0.2) is 18.0 Å². The van der Waals surface area contributed by atoms with Gasteiger partial charge in [-0.2, -0.15) is 4.99 Å². The Hall–Kier alpha value is -3.76. The van der Waals surface area contributed by atoms with Crippen LogP contribution in [0.15, 0.2) is 72.8 Å². The van der Waals surface area contributed by atoms with Crippen molar-refractivity contribution in [2.75, 3.05) is 0 Å². The van der Waals surface area contributed by atoms with Gasteiger partial charge in [0.15, 0.2) is 0 Å². The molecule has 6 heteroatoms. The molecule has 0 amide bonds. The molecule has 124 valence electrons. The van der Waals surface area contributed by atoms with Gasteiger partial charge in [0.1, 0.15) is 11.5 Å². The second-order valence-corrected chi connectivity index (χ2v) is 4.66. The molecule has 0 aliphatic heterocycles. The number of carbonyl (C=O) groups is 2. The van der Waals surface area contributed by atoms with Crippen molar-refractivity contribution < 1.29 is 23.9 Å². The molecule has 0 N–H and O–H groups in total. The summed E-state index contributed by atoms with van der Waals surface area (Å²) >= 11 is 0. The molecule has 0 aliphatic rings. The Bertz CT molecular complexity index is 894. The Morgan fingerprint density at radius 1 is 0.960 bits per heavy atom. The molecule has 0 atom stereocenters. The molecular formula is C19H13NO5. The molecule has 0 aliphatic carbocycles. The van der Waals surface area contributed by atoms with Crippen LogP contribution in [0.2, 0.25) is 0 Å². The Labute approximate surface area is 143 Å². The highest BCUT2D eigenvalue weighted by Crippen LogP contribution is 2.35. The van der Waals surface area contributed by atoms with Crippen molar-refractivity contribution in [3.05, 3.63) is 67.8 Å². The Morgan fingerprint density at radius 2 is 1.60 bits per heavy atom. The molecule has 0 spiro atoms. The molecule has 0 unspecified atom stereocenters. The van der Waals surface area contributed by atoms with Gasteiger partial charge in [-0.15, -0.1) is 0 Å². The van der Waals surface area contributed by atoms with E-state index in [-0.39, 0.29) is 11.5 Å². The number of hydrogen-bond donors (Lipinski definition) is 0. The fourth-order valence-electron chi connectivity index (χ4n) is 2.00. The van der Waals surface area contributed by atoms with Crippen molar-refractivity contribution in [1.82, 2.24) is 0 Å². The van der Waals surface area contributed by atoms with Crippen LogP contribution in [0.25, 0.3) is 11.1 Å². The number of rotatable bonds is 6. The highest BCUT2D eigenvalue weighted by Gasteiger charge is 2.10. The third-order valence-electron chi connectivity index (χ3n) is 3.05. The van der Waals surface area contributed by atoms with Gasteiger partial charge >= 0.3 is 11.9 Å². The van der Waals surface area contributed by atoms with Crippen molar-refractivity contribution in [2.24, 2.45) is 4.99 Å². The lowest BCUT2D eigenvalue weighted by atomic mass is 10.0. The van der Waals surface area contributed by atoms with Gasteiger partial charge < -0.3 is 9.47 Å². The van der Waals surface area contributed by atoms with Gasteiger partial charge in [0, 0.05) is 17.7 Å². The van der Waals surface area contributed by atoms with E-state index in [4.69, 9.17) is 9.47 Å². The van der Waals surface area contributed by atoms with Crippen molar-refractivity contribution >= 4 is 23.7 Å². The van der Waals surface area contributed by atoms with Gasteiger partial charge in [-0.3, -0.25) is 0 Å². The monoisotopic (exact) mass is 335 g/mol. The van der Waals surface area contributed by atoms with Crippen LogP contribution < -0.4 is 9.47 Å². The van der Waals surface area contributed by atoms with E-state index in [2.05, 4.69) is 18.2 Å². The van der Waals surface area contributed by atoms with Gasteiger partial charge in [0.25, 0.3) is 0 Å². The fourth-order valence-corrected chi connectivity index (χ4v) is 2.00. The second-order valence-electron chi connectivity index (χ2n) is 4.66. The number of aliphatic imine (C=N–C) groups is 1. The number of ether oxygens (including phenoxy) is 2. The lowest BCUT2D eigenvalue weighted by molar-refractivity contribution is -0.129. The Kier molecular flexibility index (Phi) is 5.77. The van der Waals surface area contributed by atoms with Gasteiger partial charge in [-0.1, -0.05) is 25.3 Å². The summed E-state index contributed by atoms with van der Waals surface area (Å²) in [6.07, 6.45) is 3.55. The lowest BCUT2D eigenvalue weighted by Crippen LogP contribution is -2.03. The minimum absolute atomic E-state index is 0.248. The summed E-state index contributed by atoms with van der Waals surface area (Å²) in [5.74, 6) is -0.682. The predicted octanol–water partition coefficient (Wildman–Crippen LogP) is 3.50. The zero-order chi connectivity index (χ0) is 18.2. The molecule has 25 heavy (non-hydrogen) atoms. The second kappa shape index (κ2) is 8.19. The summed E-state index contributed by atoms with van der Waals surface area (Å²) in [6, 6.07) is 11.1. The van der Waals surface area contributed by atoms with Gasteiger partial charge in [-0.05, 0) is 35.9 Å². The normalized spacial score (nSPS) is 9.44. The summed E-state index contributed by atoms with van der Waals surface area (Å²) in [5.41, 5.74) is 1.41. The molecule has 6 nitrogen and oxygen atoms in total. The van der Waals surface area contributed by atoms with Gasteiger partial charge in [-0.25, -0.2) is 14.4 Å². The van der Waals surface area contributed by atoms with Crippen LogP contribution in [-0.2, 0) is 14.4 Å². The maximum absolute atomic E-state index is 11.4. The van der Waals surface area contributed by atoms with Gasteiger partial charge in [0.05, 0.1) is 5.69 Å². The lowest BCUT2D eigenvalue weighted by Gasteiger charge is -2.09. The van der Waals surface area contributed by atoms with Crippen molar-refractivity contribution in [2.45, 2.75) is 0 Å². The number of esters is 2. The fraction of sp³-hybridized carbons (Fsp3) is 0. The number of nitrogens with zero attached hydrogens (tertiary/aromatic N) is 1. The van der Waals surface area contributed by atoms with E-state index in [0.29, 0.717) is 16.8 Å². The first-order chi connectivity index (χ1) is 12.1. The quantitative estimate of drug-likeness (QED) is 0.265. The van der Waals surface area contributed by atoms with Crippen molar-refractivity contribution in [3.63, 3.8) is 0 Å². The Morgan fingerprint density at radius 3 is 2.20 bits per heavy atom. The SMILES string of the molecule is C=CC(=O)Oc1cccc(-c2cc(OC(=O)C=C)ccc2N=C=O)c1. The highest BCUT2D eigenvalue weighted by atomic mass is 16.5. The number of benzene rings is 2. The van der Waals surface area contributed by atoms with Crippen LogP contribution in [0.3, 0.4) is 0 Å². The summed E-state index contributed by atoms with van der Waals surface area (Å²) < 4.78 is 10.1. The van der Waals surface area contributed by atoms with E-state index < -0.39 is 11.9 Å². The molecule has 0 fully saturated rings. The van der Waals surface area contributed by atoms with Crippen LogP contribution in [0.5, 0.6) is 11.5 Å². The molecule has 0 saturated carbocycles. The zero-order valence-electron chi connectivity index (χ0n) is 13.1. The molecule has 0 aromatic heterocycles. The number of hydrogen-bond acceptors (Lipinski definition) is 6. The third-order valence-corrected chi connectivity index (χ3v) is 3.05. The standard InChI is InChI=1S/C19H13NO5/c1-3-18(22)24-14-7-5-6-13(10-14)16-11-15(25-19(23)4-2)8-9-17(16)20-12-21/h3-11H,1-2H2. The largest absolute Gasteiger partial charge is 0.423 e. The molecular weight excluding hydrogens is 322 g/mol. The third kappa shape index (κ3) is 4.60. The summed E-state index contributed by atoms with van der Waals surface area (Å²) in [5, 5.41) is 0. The smallest absolute Gasteiger partial charge is 0.335 e. The van der Waals surface area contributed by atoms with Crippen LogP contribution in [0, 0.1) is 0 Å². The molecule has 2 aromatic carbocycles. The van der Waals surface area contributed by atoms with Gasteiger partial charge in [0.2, 0.25) is 6.08 Å². The van der Waals surface area contributed by atoms with E-state index in [1.165, 1.54) is 24.3 Å². The minimum Gasteiger partial charge on any atom is -0.423 e. The average molecular weight is 335 g/mol. The van der Waals surface area contributed by atoms with Crippen LogP contribution in [0.4, 0.5) is 5.69 Å². The maximum Gasteiger partial charge on any atom is 0.335 e. The van der Waals surface area contributed by atoms with E-state index in [9.17, 15) is 14.4 Å². The van der Waals surface area contributed by atoms with E-state index in [1.54, 1.807) is 24.3 Å². The first-order valence-corrected chi connectivity index (χ1v) is 7.08. The van der Waals surface area contributed by atoms with E-state index in [0.717, 1.165) is 12.2 Å². The predicted molar refractivity (Wildman–Crippen MR) is 91.3 cm³/mol. The van der Waals surface area contributed by atoms with Crippen molar-refractivity contribution in [3.8, 4) is 22.6 Å². The topological polar surface area (TPSA) is 82.0 Å². The summed E-state index contributed by atoms with van der Waals surface area (Å²) in [6.45, 7) is 6.66. The molecule has 0 heterocycles. The first-order valence-electron chi connectivity index (χ1n) is 7.08. The zero-order valence-corrected chi connectivity index (χ0v) is 13.1. The van der Waals surface area contributed by atoms with E-state index >= 15 is 0 Å². The van der Waals surface area contributed by atoms with E-state index in [1.807, 2.05) is 0 Å². The maximum atomic E-state index is 11.4. The molecule has 2 aromatic rings. The molecule has 0 bridgehead atoms. The number of carbonyl (C=O) groups excluding carboxylic acids is 3. The molecule has 0 saturated heterocycles. The molecule has 2 rings (SSSR count). The van der Waals surface area contributed by atoms with Crippen LogP contribution >= 0.6 is 0 Å². The highest BCUT2D eigenvalue weighted by molar-refractivity contribution is 5.86. The summed E-state index contributed by atoms with van der Waals surface area (Å²) in [7, 11) is 0. The van der Waals surface area contributed by atoms with Crippen molar-refractivity contribution in [1.29, 1.82) is 0 Å². The van der Waals surface area contributed by atoms with Crippen LogP contribution in [0.1, 0.15) is 0 Å². The number of isocyanates is 1. The molecule has 0 radical (unpaired) electrons. The minimum atomic E-state index is -0.619. The first kappa shape index (κ1) is 17.6. The Balaban J connectivity index is 2.49. The average Bonchev–Trinajstić information content (AvgIpc) is 2.63. The summed E-state index contributed by atoms with van der Waals surface area (Å²) in [4.78, 5) is 37.0.